The summed E-state index contributed by atoms with van der Waals surface area (Å²) in [6, 6.07) is 15.4. The molecule has 1 amide bonds. The zero-order valence-corrected chi connectivity index (χ0v) is 21.2. The van der Waals surface area contributed by atoms with Crippen LogP contribution in [0.3, 0.4) is 0 Å². The summed E-state index contributed by atoms with van der Waals surface area (Å²) in [5.41, 5.74) is 2.10. The van der Waals surface area contributed by atoms with Crippen LogP contribution < -0.4 is 5.32 Å². The van der Waals surface area contributed by atoms with Gasteiger partial charge in [-0.3, -0.25) is 9.69 Å². The molecule has 2 heterocycles. The first kappa shape index (κ1) is 25.0. The summed E-state index contributed by atoms with van der Waals surface area (Å²) in [6.45, 7) is 2.99. The first-order valence-corrected chi connectivity index (χ1v) is 13.4. The third-order valence-corrected chi connectivity index (χ3v) is 7.42. The second kappa shape index (κ2) is 12.6. The van der Waals surface area contributed by atoms with E-state index < -0.39 is 0 Å². The van der Waals surface area contributed by atoms with Crippen molar-refractivity contribution in [2.24, 2.45) is 5.92 Å². The minimum atomic E-state index is 0.0719. The third-order valence-electron chi connectivity index (χ3n) is 5.81. The number of likely N-dealkylation sites (tertiary alicyclic amines) is 1. The van der Waals surface area contributed by atoms with Crippen molar-refractivity contribution >= 4 is 40.9 Å². The number of amides is 1. The summed E-state index contributed by atoms with van der Waals surface area (Å²) >= 11 is 13.8. The lowest BCUT2D eigenvalue weighted by molar-refractivity contribution is -0.126. The molecule has 9 heteroatoms. The normalized spacial score (nSPS) is 14.9. The molecule has 34 heavy (non-hydrogen) atoms. The number of nitrogens with one attached hydrogen (secondary N) is 1. The Bertz CT molecular complexity index is 1070. The average Bonchev–Trinajstić information content (AvgIpc) is 3.31. The van der Waals surface area contributed by atoms with E-state index in [1.54, 1.807) is 0 Å². The van der Waals surface area contributed by atoms with Gasteiger partial charge in [0, 0.05) is 33.8 Å². The number of halogens is 2. The molecule has 1 N–H and O–H groups in total. The predicted octanol–water partition coefficient (Wildman–Crippen LogP) is 5.70. The molecule has 0 atom stereocenters. The van der Waals surface area contributed by atoms with E-state index in [0.717, 1.165) is 61.0 Å². The molecule has 4 rings (SSSR count). The minimum Gasteiger partial charge on any atom is -0.356 e. The lowest BCUT2D eigenvalue weighted by atomic mass is 9.96. The Kier molecular flexibility index (Phi) is 9.27. The second-order valence-electron chi connectivity index (χ2n) is 8.40. The van der Waals surface area contributed by atoms with E-state index >= 15 is 0 Å². The van der Waals surface area contributed by atoms with Gasteiger partial charge in [0.1, 0.15) is 0 Å². The molecule has 1 aliphatic heterocycles. The Hall–Kier alpha value is -2.06. The zero-order chi connectivity index (χ0) is 23.8. The van der Waals surface area contributed by atoms with Gasteiger partial charge in [-0.05, 0) is 67.9 Å². The largest absolute Gasteiger partial charge is 0.356 e. The molecule has 0 spiro atoms. The maximum absolute atomic E-state index is 12.5. The Balaban J connectivity index is 1.11. The molecule has 1 fully saturated rings. The Morgan fingerprint density at radius 1 is 1.12 bits per heavy atom. The van der Waals surface area contributed by atoms with Gasteiger partial charge >= 0.3 is 0 Å². The molecule has 2 aromatic carbocycles. The monoisotopic (exact) mass is 518 g/mol. The van der Waals surface area contributed by atoms with Crippen molar-refractivity contribution in [3.8, 4) is 11.4 Å². The number of hydrogen-bond acceptors (Lipinski definition) is 6. The van der Waals surface area contributed by atoms with E-state index in [1.807, 2.05) is 48.2 Å². The lowest BCUT2D eigenvalue weighted by Crippen LogP contribution is -2.40. The highest BCUT2D eigenvalue weighted by Crippen LogP contribution is 2.22. The fourth-order valence-electron chi connectivity index (χ4n) is 3.91. The number of aromatic nitrogens is 2. The molecule has 0 aliphatic carbocycles. The Morgan fingerprint density at radius 2 is 1.91 bits per heavy atom. The summed E-state index contributed by atoms with van der Waals surface area (Å²) in [7, 11) is 0. The van der Waals surface area contributed by atoms with Crippen molar-refractivity contribution < 1.29 is 9.32 Å². The summed E-state index contributed by atoms with van der Waals surface area (Å²) in [5, 5.41) is 8.58. The molecule has 0 radical (unpaired) electrons. The fraction of sp³-hybridized carbons (Fsp3) is 0.400. The molecule has 1 aliphatic rings. The SMILES string of the molecule is O=C(NCCCSCc1ccc(Cl)cc1)C1CCN(Cc2nc(-c3cccc(Cl)c3)no2)CC1. The Labute approximate surface area is 214 Å². The van der Waals surface area contributed by atoms with E-state index in [1.165, 1.54) is 5.56 Å². The van der Waals surface area contributed by atoms with Crippen LogP contribution in [0.25, 0.3) is 11.4 Å². The van der Waals surface area contributed by atoms with Gasteiger partial charge in [-0.15, -0.1) is 0 Å². The quantitative estimate of drug-likeness (QED) is 0.347. The number of thioether (sulfide) groups is 1. The summed E-state index contributed by atoms with van der Waals surface area (Å²) < 4.78 is 5.42. The van der Waals surface area contributed by atoms with Crippen LogP contribution in [0.1, 0.15) is 30.7 Å². The van der Waals surface area contributed by atoms with Crippen LogP contribution in [-0.4, -0.2) is 46.3 Å². The van der Waals surface area contributed by atoms with E-state index in [4.69, 9.17) is 27.7 Å². The van der Waals surface area contributed by atoms with Crippen LogP contribution in [0.15, 0.2) is 53.1 Å². The Morgan fingerprint density at radius 3 is 2.68 bits per heavy atom. The topological polar surface area (TPSA) is 71.3 Å². The number of hydrogen-bond donors (Lipinski definition) is 1. The number of carbonyl (C=O) groups excluding carboxylic acids is 1. The van der Waals surface area contributed by atoms with Crippen molar-refractivity contribution in [1.29, 1.82) is 0 Å². The second-order valence-corrected chi connectivity index (χ2v) is 10.4. The van der Waals surface area contributed by atoms with Crippen molar-refractivity contribution in [2.45, 2.75) is 31.6 Å². The van der Waals surface area contributed by atoms with Gasteiger partial charge < -0.3 is 9.84 Å². The molecule has 0 bridgehead atoms. The van der Waals surface area contributed by atoms with Crippen LogP contribution in [0.5, 0.6) is 0 Å². The molecular weight excluding hydrogens is 491 g/mol. The van der Waals surface area contributed by atoms with Gasteiger partial charge in [0.05, 0.1) is 6.54 Å². The first-order chi connectivity index (χ1) is 16.6. The van der Waals surface area contributed by atoms with Crippen LogP contribution in [0.2, 0.25) is 10.0 Å². The molecular formula is C25H28Cl2N4O2S. The van der Waals surface area contributed by atoms with Crippen molar-refractivity contribution in [3.05, 3.63) is 70.0 Å². The van der Waals surface area contributed by atoms with Crippen LogP contribution in [0.4, 0.5) is 0 Å². The predicted molar refractivity (Wildman–Crippen MR) is 138 cm³/mol. The molecule has 3 aromatic rings. The van der Waals surface area contributed by atoms with E-state index in [2.05, 4.69) is 32.5 Å². The standard InChI is InChI=1S/C25H28Cl2N4O2S/c26-21-7-5-18(6-8-21)17-34-14-2-11-28-25(32)19-9-12-31(13-10-19)16-23-29-24(30-33-23)20-3-1-4-22(27)15-20/h1,3-8,15,19H,2,9-14,16-17H2,(H,28,32). The zero-order valence-electron chi connectivity index (χ0n) is 18.9. The maximum Gasteiger partial charge on any atom is 0.241 e. The van der Waals surface area contributed by atoms with Crippen LogP contribution in [-0.2, 0) is 17.1 Å². The van der Waals surface area contributed by atoms with E-state index in [-0.39, 0.29) is 11.8 Å². The van der Waals surface area contributed by atoms with Crippen molar-refractivity contribution in [3.63, 3.8) is 0 Å². The first-order valence-electron chi connectivity index (χ1n) is 11.5. The minimum absolute atomic E-state index is 0.0719. The average molecular weight is 519 g/mol. The number of rotatable bonds is 10. The molecule has 1 aromatic heterocycles. The van der Waals surface area contributed by atoms with Crippen molar-refractivity contribution in [2.75, 3.05) is 25.4 Å². The summed E-state index contributed by atoms with van der Waals surface area (Å²) in [4.78, 5) is 19.3. The molecule has 1 saturated heterocycles. The van der Waals surface area contributed by atoms with Gasteiger partial charge in [-0.2, -0.15) is 16.7 Å². The van der Waals surface area contributed by atoms with Gasteiger partial charge in [-0.25, -0.2) is 0 Å². The smallest absolute Gasteiger partial charge is 0.241 e. The maximum atomic E-state index is 12.5. The highest BCUT2D eigenvalue weighted by molar-refractivity contribution is 7.98. The lowest BCUT2D eigenvalue weighted by Gasteiger charge is -2.30. The third kappa shape index (κ3) is 7.47. The summed E-state index contributed by atoms with van der Waals surface area (Å²) in [5.74, 6) is 3.34. The van der Waals surface area contributed by atoms with Crippen LogP contribution >= 0.6 is 35.0 Å². The number of benzene rings is 2. The van der Waals surface area contributed by atoms with Crippen molar-refractivity contribution in [1.82, 2.24) is 20.4 Å². The number of piperidine rings is 1. The van der Waals surface area contributed by atoms with Gasteiger partial charge in [0.25, 0.3) is 0 Å². The highest BCUT2D eigenvalue weighted by Gasteiger charge is 2.25. The fourth-order valence-corrected chi connectivity index (χ4v) is 5.15. The highest BCUT2D eigenvalue weighted by atomic mass is 35.5. The van der Waals surface area contributed by atoms with E-state index in [0.29, 0.717) is 23.3 Å². The molecule has 0 saturated carbocycles. The molecule has 180 valence electrons. The van der Waals surface area contributed by atoms with Crippen LogP contribution in [0, 0.1) is 5.92 Å². The number of carbonyl (C=O) groups is 1. The van der Waals surface area contributed by atoms with Gasteiger partial charge in [0.2, 0.25) is 17.6 Å². The number of nitrogens with zero attached hydrogens (tertiary/aromatic N) is 3. The van der Waals surface area contributed by atoms with Gasteiger partial charge in [0.15, 0.2) is 0 Å². The van der Waals surface area contributed by atoms with Gasteiger partial charge in [-0.1, -0.05) is 52.6 Å². The summed E-state index contributed by atoms with van der Waals surface area (Å²) in [6.07, 6.45) is 2.65. The molecule has 0 unspecified atom stereocenters. The van der Waals surface area contributed by atoms with E-state index in [9.17, 15) is 4.79 Å². The molecule has 6 nitrogen and oxygen atoms in total.